The third-order valence-corrected chi connectivity index (χ3v) is 9.04. The molecule has 2 aliphatic rings. The van der Waals surface area contributed by atoms with Crippen LogP contribution in [0.4, 0.5) is 0 Å². The summed E-state index contributed by atoms with van der Waals surface area (Å²) in [7, 11) is 0. The van der Waals surface area contributed by atoms with E-state index in [2.05, 4.69) is 120 Å². The molecule has 1 spiro atoms. The molecule has 3 heterocycles. The number of aromatic nitrogens is 3. The van der Waals surface area contributed by atoms with Crippen molar-refractivity contribution in [3.05, 3.63) is 169 Å². The summed E-state index contributed by atoms with van der Waals surface area (Å²) >= 11 is 0. The molecular weight excluding hydrogens is 510 g/mol. The molecular formula is C39H25N3. The van der Waals surface area contributed by atoms with Crippen molar-refractivity contribution >= 4 is 33.2 Å². The predicted molar refractivity (Wildman–Crippen MR) is 173 cm³/mol. The van der Waals surface area contributed by atoms with E-state index in [0.717, 1.165) is 38.7 Å². The normalized spacial score (nSPS) is 16.8. The second-order valence-electron chi connectivity index (χ2n) is 11.1. The van der Waals surface area contributed by atoms with Gasteiger partial charge < -0.3 is 0 Å². The number of benzene rings is 4. The van der Waals surface area contributed by atoms with E-state index in [1.807, 2.05) is 30.6 Å². The van der Waals surface area contributed by atoms with Gasteiger partial charge in [0.1, 0.15) is 5.65 Å². The Kier molecular flexibility index (Phi) is 4.68. The van der Waals surface area contributed by atoms with E-state index in [1.165, 1.54) is 39.0 Å². The zero-order chi connectivity index (χ0) is 27.8. The standard InChI is InChI=1S/C39H25N3/c1-2-3-10-26-22-39(32-13-6-4-11-27(26)32)33-14-7-5-12-28(33)29-18-17-25(21-34(29)39)31-23-40-24-37-30(31)19-20-38-41-35-15-8-9-16-36(35)42(37)38/h2-24H,1H2/b10-3-. The Morgan fingerprint density at radius 2 is 1.43 bits per heavy atom. The van der Waals surface area contributed by atoms with Gasteiger partial charge in [-0.2, -0.15) is 0 Å². The highest BCUT2D eigenvalue weighted by atomic mass is 15.0. The van der Waals surface area contributed by atoms with Crippen LogP contribution in [0.5, 0.6) is 0 Å². The molecule has 2 aliphatic carbocycles. The number of hydrogen-bond acceptors (Lipinski definition) is 2. The molecule has 4 aromatic carbocycles. The van der Waals surface area contributed by atoms with Gasteiger partial charge in [-0.3, -0.25) is 9.38 Å². The highest BCUT2D eigenvalue weighted by Gasteiger charge is 2.47. The van der Waals surface area contributed by atoms with E-state index in [-0.39, 0.29) is 5.41 Å². The molecule has 0 saturated carbocycles. The van der Waals surface area contributed by atoms with Gasteiger partial charge in [-0.15, -0.1) is 0 Å². The number of hydrogen-bond donors (Lipinski definition) is 0. The quantitative estimate of drug-likeness (QED) is 0.211. The minimum Gasteiger partial charge on any atom is -0.291 e. The highest BCUT2D eigenvalue weighted by Crippen LogP contribution is 2.59. The second-order valence-corrected chi connectivity index (χ2v) is 11.1. The number of nitrogens with zero attached hydrogens (tertiary/aromatic N) is 3. The molecule has 0 aliphatic heterocycles. The zero-order valence-electron chi connectivity index (χ0n) is 22.8. The Labute approximate surface area is 243 Å². The summed E-state index contributed by atoms with van der Waals surface area (Å²) in [6.45, 7) is 3.92. The molecule has 1 unspecified atom stereocenters. The van der Waals surface area contributed by atoms with Gasteiger partial charge in [0.15, 0.2) is 0 Å². The molecule has 3 aromatic heterocycles. The topological polar surface area (TPSA) is 30.2 Å². The molecule has 42 heavy (non-hydrogen) atoms. The van der Waals surface area contributed by atoms with Crippen molar-refractivity contribution in [3.8, 4) is 22.3 Å². The molecule has 0 saturated heterocycles. The van der Waals surface area contributed by atoms with Gasteiger partial charge >= 0.3 is 0 Å². The Balaban J connectivity index is 1.33. The molecule has 3 heteroatoms. The fraction of sp³-hybridized carbons (Fsp3) is 0.0256. The molecule has 0 N–H and O–H groups in total. The number of rotatable bonds is 3. The number of allylic oxidation sites excluding steroid dienone is 5. The summed E-state index contributed by atoms with van der Waals surface area (Å²) in [5, 5.41) is 1.15. The summed E-state index contributed by atoms with van der Waals surface area (Å²) in [6, 6.07) is 37.2. The van der Waals surface area contributed by atoms with E-state index in [4.69, 9.17) is 9.97 Å². The molecule has 0 amide bonds. The second kappa shape index (κ2) is 8.48. The Morgan fingerprint density at radius 3 is 2.31 bits per heavy atom. The average Bonchev–Trinajstić information content (AvgIpc) is 3.68. The average molecular weight is 536 g/mol. The zero-order valence-corrected chi connectivity index (χ0v) is 22.8. The van der Waals surface area contributed by atoms with Crippen molar-refractivity contribution in [3.63, 3.8) is 0 Å². The summed E-state index contributed by atoms with van der Waals surface area (Å²) in [4.78, 5) is 9.60. The van der Waals surface area contributed by atoms with Crippen LogP contribution in [-0.4, -0.2) is 14.4 Å². The molecule has 7 aromatic rings. The van der Waals surface area contributed by atoms with Gasteiger partial charge in [0.25, 0.3) is 0 Å². The smallest absolute Gasteiger partial charge is 0.138 e. The first-order chi connectivity index (χ1) is 20.8. The maximum absolute atomic E-state index is 4.85. The summed E-state index contributed by atoms with van der Waals surface area (Å²) < 4.78 is 2.22. The van der Waals surface area contributed by atoms with E-state index < -0.39 is 0 Å². The lowest BCUT2D eigenvalue weighted by Gasteiger charge is -2.27. The van der Waals surface area contributed by atoms with Gasteiger partial charge in [-0.25, -0.2) is 4.98 Å². The minimum atomic E-state index is -0.370. The first-order valence-electron chi connectivity index (χ1n) is 14.3. The first kappa shape index (κ1) is 23.2. The fourth-order valence-electron chi connectivity index (χ4n) is 7.31. The Bertz CT molecular complexity index is 2330. The van der Waals surface area contributed by atoms with Gasteiger partial charge in [-0.1, -0.05) is 104 Å². The Hall–Kier alpha value is -5.54. The van der Waals surface area contributed by atoms with Crippen LogP contribution in [0, 0.1) is 0 Å². The third-order valence-electron chi connectivity index (χ3n) is 9.04. The number of fused-ring (bicyclic) bond motifs is 12. The predicted octanol–water partition coefficient (Wildman–Crippen LogP) is 9.16. The van der Waals surface area contributed by atoms with Crippen LogP contribution in [0.2, 0.25) is 0 Å². The lowest BCUT2D eigenvalue weighted by atomic mass is 9.74. The number of para-hydroxylation sites is 2. The Morgan fingerprint density at radius 1 is 0.667 bits per heavy atom. The summed E-state index contributed by atoms with van der Waals surface area (Å²) in [6.07, 6.45) is 12.5. The lowest BCUT2D eigenvalue weighted by molar-refractivity contribution is 0.821. The molecule has 0 bridgehead atoms. The van der Waals surface area contributed by atoms with Crippen LogP contribution in [0.1, 0.15) is 22.3 Å². The largest absolute Gasteiger partial charge is 0.291 e. The van der Waals surface area contributed by atoms with Crippen molar-refractivity contribution in [1.29, 1.82) is 0 Å². The SMILES string of the molecule is C=C/C=C\C1=CC2(c3ccccc31)c1ccccc1-c1ccc(-c3cncc4c3ccc3nc5ccccc5n34)cc12. The van der Waals surface area contributed by atoms with Crippen molar-refractivity contribution in [2.75, 3.05) is 0 Å². The maximum atomic E-state index is 4.85. The molecule has 9 rings (SSSR count). The fourth-order valence-corrected chi connectivity index (χ4v) is 7.31. The lowest BCUT2D eigenvalue weighted by Crippen LogP contribution is -2.22. The van der Waals surface area contributed by atoms with Gasteiger partial charge in [-0.05, 0) is 74.8 Å². The van der Waals surface area contributed by atoms with E-state index >= 15 is 0 Å². The van der Waals surface area contributed by atoms with Crippen molar-refractivity contribution < 1.29 is 0 Å². The maximum Gasteiger partial charge on any atom is 0.138 e. The van der Waals surface area contributed by atoms with Crippen molar-refractivity contribution in [2.45, 2.75) is 5.41 Å². The minimum absolute atomic E-state index is 0.370. The van der Waals surface area contributed by atoms with E-state index in [0.29, 0.717) is 0 Å². The van der Waals surface area contributed by atoms with Crippen LogP contribution in [0.3, 0.4) is 0 Å². The third kappa shape index (κ3) is 2.94. The highest BCUT2D eigenvalue weighted by molar-refractivity contribution is 6.00. The molecule has 0 fully saturated rings. The van der Waals surface area contributed by atoms with E-state index in [9.17, 15) is 0 Å². The van der Waals surface area contributed by atoms with Crippen LogP contribution in [-0.2, 0) is 5.41 Å². The molecule has 1 atom stereocenters. The van der Waals surface area contributed by atoms with Crippen LogP contribution >= 0.6 is 0 Å². The summed E-state index contributed by atoms with van der Waals surface area (Å²) in [5.41, 5.74) is 15.0. The number of pyridine rings is 2. The van der Waals surface area contributed by atoms with E-state index in [1.54, 1.807) is 0 Å². The first-order valence-corrected chi connectivity index (χ1v) is 14.3. The van der Waals surface area contributed by atoms with Crippen LogP contribution in [0.15, 0.2) is 146 Å². The van der Waals surface area contributed by atoms with Gasteiger partial charge in [0, 0.05) is 17.1 Å². The monoisotopic (exact) mass is 535 g/mol. The van der Waals surface area contributed by atoms with Gasteiger partial charge in [0.2, 0.25) is 0 Å². The molecule has 0 radical (unpaired) electrons. The molecule has 3 nitrogen and oxygen atoms in total. The van der Waals surface area contributed by atoms with Crippen LogP contribution < -0.4 is 0 Å². The van der Waals surface area contributed by atoms with Crippen molar-refractivity contribution in [2.24, 2.45) is 0 Å². The van der Waals surface area contributed by atoms with Gasteiger partial charge in [0.05, 0.1) is 28.2 Å². The molecule has 196 valence electrons. The van der Waals surface area contributed by atoms with Crippen molar-refractivity contribution in [1.82, 2.24) is 14.4 Å². The van der Waals surface area contributed by atoms with Crippen LogP contribution in [0.25, 0.3) is 55.4 Å². The summed E-state index contributed by atoms with van der Waals surface area (Å²) in [5.74, 6) is 0. The number of imidazole rings is 1.